The SMILES string of the molecule is COCCOC(=O)C1=C(N)OC(C)=C(C(=O)OC(C)C)C12C(=O)Nc1ccc(Br)cc12. The van der Waals surface area contributed by atoms with Crippen LogP contribution in [0.1, 0.15) is 26.3 Å². The van der Waals surface area contributed by atoms with Gasteiger partial charge in [0.25, 0.3) is 0 Å². The number of benzene rings is 1. The average molecular weight is 495 g/mol. The zero-order valence-corrected chi connectivity index (χ0v) is 19.1. The van der Waals surface area contributed by atoms with Crippen molar-refractivity contribution >= 4 is 39.5 Å². The van der Waals surface area contributed by atoms with Gasteiger partial charge in [-0.3, -0.25) is 4.79 Å². The highest BCUT2D eigenvalue weighted by Crippen LogP contribution is 2.53. The van der Waals surface area contributed by atoms with Crippen molar-refractivity contribution in [2.24, 2.45) is 5.73 Å². The van der Waals surface area contributed by atoms with Crippen molar-refractivity contribution in [3.8, 4) is 0 Å². The molecule has 0 saturated heterocycles. The van der Waals surface area contributed by atoms with Crippen LogP contribution in [-0.4, -0.2) is 44.3 Å². The Morgan fingerprint density at radius 1 is 1.23 bits per heavy atom. The number of rotatable bonds is 6. The monoisotopic (exact) mass is 494 g/mol. The molecule has 9 nitrogen and oxygen atoms in total. The first kappa shape index (κ1) is 22.8. The van der Waals surface area contributed by atoms with Gasteiger partial charge in [0.05, 0.1) is 12.7 Å². The molecule has 0 aliphatic carbocycles. The van der Waals surface area contributed by atoms with Gasteiger partial charge >= 0.3 is 11.9 Å². The summed E-state index contributed by atoms with van der Waals surface area (Å²) in [5, 5.41) is 2.74. The molecule has 2 heterocycles. The molecule has 1 spiro atoms. The molecule has 0 bridgehead atoms. The fourth-order valence-corrected chi connectivity index (χ4v) is 4.09. The lowest BCUT2D eigenvalue weighted by molar-refractivity contribution is -0.146. The van der Waals surface area contributed by atoms with E-state index in [-0.39, 0.29) is 36.0 Å². The minimum Gasteiger partial charge on any atom is -0.460 e. The van der Waals surface area contributed by atoms with E-state index in [1.54, 1.807) is 32.0 Å². The zero-order valence-electron chi connectivity index (χ0n) is 17.5. The Kier molecular flexibility index (Phi) is 6.42. The van der Waals surface area contributed by atoms with Gasteiger partial charge in [-0.1, -0.05) is 15.9 Å². The van der Waals surface area contributed by atoms with Gasteiger partial charge in [-0.15, -0.1) is 0 Å². The summed E-state index contributed by atoms with van der Waals surface area (Å²) in [6.45, 7) is 4.89. The van der Waals surface area contributed by atoms with E-state index in [0.717, 1.165) is 0 Å². The lowest BCUT2D eigenvalue weighted by atomic mass is 9.67. The number of hydrogen-bond donors (Lipinski definition) is 2. The van der Waals surface area contributed by atoms with Crippen molar-refractivity contribution in [1.82, 2.24) is 0 Å². The highest BCUT2D eigenvalue weighted by molar-refractivity contribution is 9.10. The summed E-state index contributed by atoms with van der Waals surface area (Å²) in [7, 11) is 1.46. The molecular formula is C21H23BrN2O7. The second-order valence-electron chi connectivity index (χ2n) is 7.25. The Morgan fingerprint density at radius 3 is 2.58 bits per heavy atom. The van der Waals surface area contributed by atoms with Gasteiger partial charge in [-0.05, 0) is 39.0 Å². The lowest BCUT2D eigenvalue weighted by Gasteiger charge is -2.35. The van der Waals surface area contributed by atoms with Gasteiger partial charge in [0.2, 0.25) is 11.8 Å². The zero-order chi connectivity index (χ0) is 22.9. The van der Waals surface area contributed by atoms with Crippen molar-refractivity contribution < 1.29 is 33.3 Å². The predicted molar refractivity (Wildman–Crippen MR) is 114 cm³/mol. The summed E-state index contributed by atoms with van der Waals surface area (Å²) in [5.74, 6) is -2.62. The van der Waals surface area contributed by atoms with Gasteiger partial charge in [-0.25, -0.2) is 9.59 Å². The number of amides is 1. The summed E-state index contributed by atoms with van der Waals surface area (Å²) >= 11 is 3.39. The molecule has 166 valence electrons. The number of allylic oxidation sites excluding steroid dienone is 1. The molecule has 31 heavy (non-hydrogen) atoms. The Hall–Kier alpha value is -2.85. The third-order valence-corrected chi connectivity index (χ3v) is 5.35. The predicted octanol–water partition coefficient (Wildman–Crippen LogP) is 2.25. The topological polar surface area (TPSA) is 126 Å². The van der Waals surface area contributed by atoms with E-state index < -0.39 is 29.4 Å². The summed E-state index contributed by atoms with van der Waals surface area (Å²) < 4.78 is 21.7. The molecule has 0 saturated carbocycles. The molecule has 1 aromatic rings. The van der Waals surface area contributed by atoms with Crippen molar-refractivity contribution in [2.45, 2.75) is 32.3 Å². The van der Waals surface area contributed by atoms with E-state index in [9.17, 15) is 14.4 Å². The second kappa shape index (κ2) is 8.72. The van der Waals surface area contributed by atoms with Crippen LogP contribution in [0, 0.1) is 0 Å². The van der Waals surface area contributed by atoms with Crippen LogP contribution in [0.25, 0.3) is 0 Å². The van der Waals surface area contributed by atoms with E-state index in [0.29, 0.717) is 15.7 Å². The third kappa shape index (κ3) is 3.81. The van der Waals surface area contributed by atoms with Crippen molar-refractivity contribution in [2.75, 3.05) is 25.6 Å². The van der Waals surface area contributed by atoms with E-state index in [4.69, 9.17) is 24.7 Å². The van der Waals surface area contributed by atoms with Crippen LogP contribution in [0.3, 0.4) is 0 Å². The third-order valence-electron chi connectivity index (χ3n) is 4.86. The molecule has 0 aromatic heterocycles. The number of carbonyl (C=O) groups is 3. The van der Waals surface area contributed by atoms with Crippen molar-refractivity contribution in [3.05, 3.63) is 51.0 Å². The molecule has 0 radical (unpaired) electrons. The van der Waals surface area contributed by atoms with Crippen molar-refractivity contribution in [3.63, 3.8) is 0 Å². The number of fused-ring (bicyclic) bond motifs is 2. The van der Waals surface area contributed by atoms with Gasteiger partial charge in [0.15, 0.2) is 0 Å². The first-order chi connectivity index (χ1) is 14.6. The summed E-state index contributed by atoms with van der Waals surface area (Å²) in [5.41, 5.74) is 4.55. The molecule has 0 fully saturated rings. The van der Waals surface area contributed by atoms with E-state index in [1.807, 2.05) is 0 Å². The number of ether oxygens (including phenoxy) is 4. The van der Waals surface area contributed by atoms with E-state index in [2.05, 4.69) is 21.2 Å². The largest absolute Gasteiger partial charge is 0.460 e. The number of nitrogens with two attached hydrogens (primary N) is 1. The molecular weight excluding hydrogens is 472 g/mol. The molecule has 1 atom stereocenters. The number of carbonyl (C=O) groups excluding carboxylic acids is 3. The normalized spacial score (nSPS) is 20.0. The first-order valence-electron chi connectivity index (χ1n) is 9.52. The standard InChI is InChI=1S/C21H23BrN2O7/c1-10(2)30-19(26)15-11(3)31-17(23)16(18(25)29-8-7-28-4)21(15)13-9-12(22)5-6-14(13)24-20(21)27/h5-6,9-10H,7-8,23H2,1-4H3,(H,24,27). The molecule has 1 amide bonds. The quantitative estimate of drug-likeness (QED) is 0.455. The van der Waals surface area contributed by atoms with Crippen molar-refractivity contribution in [1.29, 1.82) is 0 Å². The highest BCUT2D eigenvalue weighted by Gasteiger charge is 2.62. The minimum absolute atomic E-state index is 0.0552. The van der Waals surface area contributed by atoms with E-state index in [1.165, 1.54) is 14.0 Å². The molecule has 10 heteroatoms. The van der Waals surface area contributed by atoms with E-state index >= 15 is 0 Å². The fourth-order valence-electron chi connectivity index (χ4n) is 3.72. The molecule has 2 aliphatic heterocycles. The second-order valence-corrected chi connectivity index (χ2v) is 8.16. The minimum atomic E-state index is -1.90. The number of anilines is 1. The average Bonchev–Trinajstić information content (AvgIpc) is 2.93. The maximum Gasteiger partial charge on any atom is 0.341 e. The van der Waals surface area contributed by atoms with Gasteiger partial charge < -0.3 is 30.0 Å². The molecule has 1 aromatic carbocycles. The summed E-state index contributed by atoms with van der Waals surface area (Å²) in [4.78, 5) is 39.8. The number of hydrogen-bond acceptors (Lipinski definition) is 8. The van der Waals surface area contributed by atoms with Crippen LogP contribution in [0.5, 0.6) is 0 Å². The number of methoxy groups -OCH3 is 1. The van der Waals surface area contributed by atoms with Crippen LogP contribution in [0.4, 0.5) is 5.69 Å². The molecule has 2 aliphatic rings. The smallest absolute Gasteiger partial charge is 0.341 e. The van der Waals surface area contributed by atoms with Crippen LogP contribution in [0.15, 0.2) is 45.5 Å². The first-order valence-corrected chi connectivity index (χ1v) is 10.3. The highest BCUT2D eigenvalue weighted by atomic mass is 79.9. The van der Waals surface area contributed by atoms with Gasteiger partial charge in [0.1, 0.15) is 28.9 Å². The maximum absolute atomic E-state index is 13.5. The van der Waals surface area contributed by atoms with Crippen LogP contribution >= 0.6 is 15.9 Å². The van der Waals surface area contributed by atoms with Crippen LogP contribution in [-0.2, 0) is 38.7 Å². The lowest BCUT2D eigenvalue weighted by Crippen LogP contribution is -2.48. The molecule has 3 N–H and O–H groups in total. The fraction of sp³-hybridized carbons (Fsp3) is 0.381. The van der Waals surface area contributed by atoms with Crippen LogP contribution in [0.2, 0.25) is 0 Å². The number of halogens is 1. The summed E-state index contributed by atoms with van der Waals surface area (Å²) in [6, 6.07) is 5.03. The maximum atomic E-state index is 13.5. The van der Waals surface area contributed by atoms with Gasteiger partial charge in [0, 0.05) is 22.8 Å². The number of nitrogens with one attached hydrogen (secondary N) is 1. The Balaban J connectivity index is 2.29. The number of esters is 2. The van der Waals surface area contributed by atoms with Gasteiger partial charge in [-0.2, -0.15) is 0 Å². The molecule has 3 rings (SSSR count). The Morgan fingerprint density at radius 2 is 1.94 bits per heavy atom. The summed E-state index contributed by atoms with van der Waals surface area (Å²) in [6.07, 6.45) is -0.475. The molecule has 1 unspecified atom stereocenters. The van der Waals surface area contributed by atoms with Crippen LogP contribution < -0.4 is 11.1 Å². The Bertz CT molecular complexity index is 1010. The Labute approximate surface area is 187 Å².